The molecule has 1 aromatic heterocycles. The van der Waals surface area contributed by atoms with Crippen molar-refractivity contribution in [1.82, 2.24) is 15.1 Å². The van der Waals surface area contributed by atoms with Crippen molar-refractivity contribution in [3.8, 4) is 34.3 Å². The lowest BCUT2D eigenvalue weighted by Crippen LogP contribution is -2.44. The number of amides is 1. The number of carbonyl (C=O) groups is 2. The van der Waals surface area contributed by atoms with Crippen LogP contribution in [0.25, 0.3) is 22.0 Å². The number of aromatic nitrogens is 1. The van der Waals surface area contributed by atoms with E-state index in [1.807, 2.05) is 0 Å². The zero-order valence-electron chi connectivity index (χ0n) is 39.3. The molecular formula is C50H60FN5O12. The molecule has 1 fully saturated rings. The van der Waals surface area contributed by atoms with Crippen molar-refractivity contribution in [3.05, 3.63) is 94.7 Å². The number of halogens is 1. The van der Waals surface area contributed by atoms with Gasteiger partial charge in [0.2, 0.25) is 0 Å². The van der Waals surface area contributed by atoms with E-state index in [4.69, 9.17) is 18.7 Å². The first kappa shape index (κ1) is 49.6. The second-order valence-electron chi connectivity index (χ2n) is 18.2. The van der Waals surface area contributed by atoms with Gasteiger partial charge in [-0.2, -0.15) is 5.10 Å². The molecule has 3 aromatic carbocycles. The maximum atomic E-state index is 14.5. The Morgan fingerprint density at radius 2 is 1.57 bits per heavy atom. The van der Waals surface area contributed by atoms with Crippen molar-refractivity contribution in [2.75, 3.05) is 38.6 Å². The van der Waals surface area contributed by atoms with Crippen LogP contribution >= 0.6 is 0 Å². The minimum atomic E-state index is -2.06. The second-order valence-corrected chi connectivity index (χ2v) is 18.2. The minimum Gasteiger partial charge on any atom is -0.507 e. The number of ketones is 1. The van der Waals surface area contributed by atoms with E-state index in [2.05, 4.69) is 20.5 Å². The van der Waals surface area contributed by atoms with Crippen molar-refractivity contribution >= 4 is 34.4 Å². The third-order valence-electron chi connectivity index (χ3n) is 13.5. The number of anilines is 1. The van der Waals surface area contributed by atoms with Gasteiger partial charge in [-0.05, 0) is 44.2 Å². The molecule has 364 valence electrons. The van der Waals surface area contributed by atoms with Crippen LogP contribution in [0.4, 0.5) is 10.1 Å². The SMILES string of the molecule is CO[C@H]1/C=C/O[C@@]2(C)Oc3c(C)c(O)c4c(O)c(c(/C=N/N5CCN(Cc6cc(-c7ccc(F)cc7)no6)CC5)c(O)c4c3C2=O)NC(=O)/C(C)=C\C=C\[C@H](C)[C@H](O)[C@@H](C)[C@@H](O)[C@@H](C)[C@H](O)[C@@H]1C. The van der Waals surface area contributed by atoms with Gasteiger partial charge < -0.3 is 54.7 Å². The number of hydrazone groups is 1. The summed E-state index contributed by atoms with van der Waals surface area (Å²) in [4.78, 5) is 30.5. The Balaban J connectivity index is 1.25. The number of carbonyl (C=O) groups excluding carboxylic acids is 2. The van der Waals surface area contributed by atoms with Gasteiger partial charge in [0.05, 0.1) is 65.6 Å². The first-order valence-electron chi connectivity index (χ1n) is 22.6. The molecule has 1 saturated heterocycles. The van der Waals surface area contributed by atoms with E-state index in [-0.39, 0.29) is 50.3 Å². The van der Waals surface area contributed by atoms with Crippen LogP contribution in [0.15, 0.2) is 76.1 Å². The fourth-order valence-electron chi connectivity index (χ4n) is 9.00. The van der Waals surface area contributed by atoms with E-state index in [1.165, 1.54) is 64.6 Å². The highest BCUT2D eigenvalue weighted by Gasteiger charge is 2.50. The second kappa shape index (κ2) is 20.1. The summed E-state index contributed by atoms with van der Waals surface area (Å²) in [5, 5.41) is 82.6. The first-order valence-corrected chi connectivity index (χ1v) is 22.6. The minimum absolute atomic E-state index is 0.0387. The molecule has 5 bridgehead atoms. The molecule has 0 aliphatic carbocycles. The van der Waals surface area contributed by atoms with Crippen LogP contribution in [0, 0.1) is 36.4 Å². The summed E-state index contributed by atoms with van der Waals surface area (Å²) in [5.74, 6) is -7.71. The Labute approximate surface area is 393 Å². The van der Waals surface area contributed by atoms with Crippen LogP contribution in [0.3, 0.4) is 0 Å². The average molecular weight is 942 g/mol. The number of benzene rings is 3. The van der Waals surface area contributed by atoms with Gasteiger partial charge in [-0.3, -0.25) is 19.5 Å². The third-order valence-corrected chi connectivity index (χ3v) is 13.5. The molecule has 5 heterocycles. The monoisotopic (exact) mass is 941 g/mol. The highest BCUT2D eigenvalue weighted by Crippen LogP contribution is 2.55. The number of allylic oxidation sites excluding steroid dienone is 2. The molecule has 0 unspecified atom stereocenters. The Bertz CT molecular complexity index is 2660. The van der Waals surface area contributed by atoms with Gasteiger partial charge in [0, 0.05) is 92.0 Å². The van der Waals surface area contributed by atoms with Gasteiger partial charge in [-0.15, -0.1) is 0 Å². The number of methoxy groups -OCH3 is 1. The molecule has 4 aromatic rings. The van der Waals surface area contributed by atoms with E-state index in [0.717, 1.165) is 5.56 Å². The molecule has 4 aliphatic rings. The predicted octanol–water partition coefficient (Wildman–Crippen LogP) is 6.13. The molecule has 4 aliphatic heterocycles. The summed E-state index contributed by atoms with van der Waals surface area (Å²) in [5.41, 5.74) is 0.800. The maximum absolute atomic E-state index is 14.5. The van der Waals surface area contributed by atoms with Crippen molar-refractivity contribution in [3.63, 3.8) is 0 Å². The van der Waals surface area contributed by atoms with Crippen LogP contribution in [0.5, 0.6) is 23.0 Å². The number of ether oxygens (including phenoxy) is 3. The van der Waals surface area contributed by atoms with Crippen LogP contribution in [-0.2, 0) is 20.8 Å². The lowest BCUT2D eigenvalue weighted by molar-refractivity contribution is -0.112. The van der Waals surface area contributed by atoms with Crippen molar-refractivity contribution < 1.29 is 63.4 Å². The summed E-state index contributed by atoms with van der Waals surface area (Å²) < 4.78 is 36.8. The number of aliphatic hydroxyl groups excluding tert-OH is 3. The number of hydrogen-bond acceptors (Lipinski definition) is 16. The Morgan fingerprint density at radius 3 is 2.25 bits per heavy atom. The largest absolute Gasteiger partial charge is 0.507 e. The number of nitrogens with zero attached hydrogens (tertiary/aromatic N) is 4. The fourth-order valence-corrected chi connectivity index (χ4v) is 9.00. The zero-order chi connectivity index (χ0) is 49.4. The molecule has 0 saturated carbocycles. The topological polar surface area (TPSA) is 240 Å². The van der Waals surface area contributed by atoms with Gasteiger partial charge in [-0.25, -0.2) is 4.39 Å². The van der Waals surface area contributed by atoms with E-state index < -0.39 is 82.8 Å². The summed E-state index contributed by atoms with van der Waals surface area (Å²) in [7, 11) is 1.43. The number of aromatic hydroxyl groups is 3. The van der Waals surface area contributed by atoms with Gasteiger partial charge in [0.15, 0.2) is 11.5 Å². The van der Waals surface area contributed by atoms with Crippen LogP contribution in [-0.4, -0.2) is 127 Å². The highest BCUT2D eigenvalue weighted by molar-refractivity contribution is 6.23. The smallest absolute Gasteiger partial charge is 0.312 e. The number of rotatable bonds is 6. The number of aliphatic hydroxyl groups is 3. The van der Waals surface area contributed by atoms with Crippen LogP contribution < -0.4 is 10.1 Å². The van der Waals surface area contributed by atoms with Crippen molar-refractivity contribution in [2.24, 2.45) is 28.8 Å². The molecule has 8 rings (SSSR count). The number of Topliss-reactive ketones (excluding diaryl/α,β-unsaturated/α-hetero) is 1. The Hall–Kier alpha value is -6.31. The van der Waals surface area contributed by atoms with E-state index >= 15 is 0 Å². The van der Waals surface area contributed by atoms with Gasteiger partial charge >= 0.3 is 5.79 Å². The lowest BCUT2D eigenvalue weighted by Gasteiger charge is -2.36. The van der Waals surface area contributed by atoms with E-state index in [0.29, 0.717) is 44.2 Å². The summed E-state index contributed by atoms with van der Waals surface area (Å²) >= 11 is 0. The van der Waals surface area contributed by atoms with Gasteiger partial charge in [-0.1, -0.05) is 51.1 Å². The number of phenols is 3. The number of nitrogens with one attached hydrogen (secondary N) is 1. The van der Waals surface area contributed by atoms with E-state index in [9.17, 15) is 44.6 Å². The normalized spacial score (nSPS) is 29.5. The van der Waals surface area contributed by atoms with Crippen molar-refractivity contribution in [2.45, 2.75) is 85.2 Å². The molecular weight excluding hydrogens is 882 g/mol. The van der Waals surface area contributed by atoms with Crippen molar-refractivity contribution in [1.29, 1.82) is 0 Å². The molecule has 1 amide bonds. The summed E-state index contributed by atoms with van der Waals surface area (Å²) in [6.45, 7) is 13.5. The first-order chi connectivity index (χ1) is 32.3. The number of piperazine rings is 1. The lowest BCUT2D eigenvalue weighted by atomic mass is 9.78. The maximum Gasteiger partial charge on any atom is 0.312 e. The molecule has 68 heavy (non-hydrogen) atoms. The van der Waals surface area contributed by atoms with E-state index in [1.54, 1.807) is 63.1 Å². The van der Waals surface area contributed by atoms with Gasteiger partial charge in [0.1, 0.15) is 28.8 Å². The van der Waals surface area contributed by atoms with Gasteiger partial charge in [0.25, 0.3) is 11.7 Å². The zero-order valence-corrected chi connectivity index (χ0v) is 39.3. The molecule has 0 radical (unpaired) electrons. The molecule has 9 atom stereocenters. The van der Waals surface area contributed by atoms with Crippen LogP contribution in [0.2, 0.25) is 0 Å². The molecule has 18 heteroatoms. The summed E-state index contributed by atoms with van der Waals surface area (Å²) in [6.07, 6.45) is 4.58. The standard InChI is InChI=1S/C50H60FN5O12/c1-25-10-9-11-26(2)49(64)53-40-34(23-52-56-19-17-55(18-20-56)24-33-22-35(54-68-33)31-12-14-32(51)15-13-31)45(61)37-38(46(40)62)44(60)30(6)47-39(37)48(63)50(7,67-47)66-21-16-36(65-8)27(3)42(58)29(5)43(59)28(4)41(25)57/h9-16,21-23,25,27-29,36,41-43,57-62H,17-20,24H2,1-8H3,(H,53,64)/b10-9+,21-16+,26-11-,52-23+/t25-,27+,28+,29-,36-,41-,42+,43+,50-/m0/s1. The molecule has 0 spiro atoms. The van der Waals surface area contributed by atoms with Crippen LogP contribution in [0.1, 0.15) is 68.8 Å². The molecule has 7 N–H and O–H groups in total. The average Bonchev–Trinajstić information content (AvgIpc) is 3.90. The Kier molecular flexibility index (Phi) is 14.7. The highest BCUT2D eigenvalue weighted by atomic mass is 19.1. The third kappa shape index (κ3) is 9.69. The molecule has 17 nitrogen and oxygen atoms in total. The summed E-state index contributed by atoms with van der Waals surface area (Å²) in [6, 6.07) is 7.76. The number of hydrogen-bond donors (Lipinski definition) is 7. The number of fused-ring (bicyclic) bond motifs is 14. The fraction of sp³-hybridized carbons (Fsp3) is 0.440. The Morgan fingerprint density at radius 1 is 0.912 bits per heavy atom. The predicted molar refractivity (Wildman–Crippen MR) is 251 cm³/mol. The quantitative estimate of drug-likeness (QED) is 0.0654. The number of phenolic OH excluding ortho intramolecular Hbond substituents is 3.